The Morgan fingerprint density at radius 3 is 2.18 bits per heavy atom. The molecule has 3 nitrogen and oxygen atoms in total. The van der Waals surface area contributed by atoms with Gasteiger partial charge in [0.1, 0.15) is 0 Å². The summed E-state index contributed by atoms with van der Waals surface area (Å²) in [5.41, 5.74) is 2.36. The molecule has 0 aromatic heterocycles. The average Bonchev–Trinajstić information content (AvgIpc) is 2.52. The van der Waals surface area contributed by atoms with E-state index in [9.17, 15) is 8.42 Å². The maximum Gasteiger partial charge on any atom is 0.242 e. The fourth-order valence-corrected chi connectivity index (χ4v) is 3.53. The second-order valence-electron chi connectivity index (χ2n) is 5.58. The summed E-state index contributed by atoms with van der Waals surface area (Å²) in [6.07, 6.45) is 2.83. The molecule has 0 bridgehead atoms. The van der Waals surface area contributed by atoms with Crippen LogP contribution in [0.4, 0.5) is 0 Å². The smallest absolute Gasteiger partial charge is 0.207 e. The average molecular weight is 317 g/mol. The highest BCUT2D eigenvalue weighted by Gasteiger charge is 2.19. The van der Waals surface area contributed by atoms with Crippen LogP contribution in [0.15, 0.2) is 59.5 Å². The van der Waals surface area contributed by atoms with Gasteiger partial charge >= 0.3 is 0 Å². The number of nitrogens with zero attached hydrogens (tertiary/aromatic N) is 1. The quantitative estimate of drug-likeness (QED) is 0.731. The molecule has 0 fully saturated rings. The van der Waals surface area contributed by atoms with E-state index in [1.165, 1.54) is 9.87 Å². The van der Waals surface area contributed by atoms with Gasteiger partial charge in [-0.15, -0.1) is 0 Å². The zero-order valence-corrected chi connectivity index (χ0v) is 14.0. The molecule has 22 heavy (non-hydrogen) atoms. The number of sulfonamides is 1. The van der Waals surface area contributed by atoms with Crippen molar-refractivity contribution in [1.29, 1.82) is 0 Å². The van der Waals surface area contributed by atoms with Crippen molar-refractivity contribution in [3.05, 3.63) is 65.7 Å². The molecule has 118 valence electrons. The fraction of sp³-hybridized carbons (Fsp3) is 0.333. The van der Waals surface area contributed by atoms with Crippen LogP contribution in [0.5, 0.6) is 0 Å². The van der Waals surface area contributed by atoms with Crippen LogP contribution in [0.3, 0.4) is 0 Å². The number of hydrogen-bond acceptors (Lipinski definition) is 2. The number of hydrogen-bond donors (Lipinski definition) is 0. The molecule has 0 spiro atoms. The Bertz CT molecular complexity index is 679. The Labute approximate surface area is 133 Å². The van der Waals surface area contributed by atoms with Crippen molar-refractivity contribution in [3.63, 3.8) is 0 Å². The van der Waals surface area contributed by atoms with Gasteiger partial charge in [-0.1, -0.05) is 48.0 Å². The molecule has 0 aliphatic carbocycles. The molecule has 0 unspecified atom stereocenters. The number of benzene rings is 2. The second-order valence-corrected chi connectivity index (χ2v) is 7.63. The van der Waals surface area contributed by atoms with Crippen molar-refractivity contribution < 1.29 is 8.42 Å². The number of unbranched alkanes of at least 4 members (excludes halogenated alkanes) is 1. The van der Waals surface area contributed by atoms with Crippen LogP contribution >= 0.6 is 0 Å². The predicted molar refractivity (Wildman–Crippen MR) is 90.4 cm³/mol. The normalized spacial score (nSPS) is 11.8. The van der Waals surface area contributed by atoms with Crippen molar-refractivity contribution in [1.82, 2.24) is 4.31 Å². The van der Waals surface area contributed by atoms with Gasteiger partial charge in [-0.25, -0.2) is 12.7 Å². The molecule has 4 heteroatoms. The van der Waals surface area contributed by atoms with Crippen molar-refractivity contribution >= 4 is 10.0 Å². The van der Waals surface area contributed by atoms with Gasteiger partial charge in [0.2, 0.25) is 10.0 Å². The SMILES string of the molecule is Cc1ccc(S(=O)(=O)N(C)CCCCc2ccccc2)cc1. The monoisotopic (exact) mass is 317 g/mol. The largest absolute Gasteiger partial charge is 0.242 e. The minimum absolute atomic E-state index is 0.364. The lowest BCUT2D eigenvalue weighted by atomic mass is 10.1. The van der Waals surface area contributed by atoms with Crippen LogP contribution in [0.1, 0.15) is 24.0 Å². The van der Waals surface area contributed by atoms with Gasteiger partial charge in [0.05, 0.1) is 4.90 Å². The lowest BCUT2D eigenvalue weighted by Crippen LogP contribution is -2.28. The summed E-state index contributed by atoms with van der Waals surface area (Å²) in [7, 11) is -1.72. The van der Waals surface area contributed by atoms with Gasteiger partial charge in [0, 0.05) is 13.6 Å². The molecule has 2 aromatic carbocycles. The van der Waals surface area contributed by atoms with E-state index in [4.69, 9.17) is 0 Å². The van der Waals surface area contributed by atoms with E-state index < -0.39 is 10.0 Å². The first-order valence-electron chi connectivity index (χ1n) is 7.57. The zero-order valence-electron chi connectivity index (χ0n) is 13.2. The molecule has 0 radical (unpaired) electrons. The first-order chi connectivity index (χ1) is 10.5. The summed E-state index contributed by atoms with van der Waals surface area (Å²) in [5.74, 6) is 0. The van der Waals surface area contributed by atoms with Gasteiger partial charge in [0.25, 0.3) is 0 Å². The van der Waals surface area contributed by atoms with Crippen LogP contribution in [0.2, 0.25) is 0 Å². The Balaban J connectivity index is 1.86. The summed E-state index contributed by atoms with van der Waals surface area (Å²) in [6, 6.07) is 17.3. The van der Waals surface area contributed by atoms with E-state index >= 15 is 0 Å². The lowest BCUT2D eigenvalue weighted by Gasteiger charge is -2.17. The third kappa shape index (κ3) is 4.42. The Hall–Kier alpha value is -1.65. The van der Waals surface area contributed by atoms with E-state index in [0.717, 1.165) is 24.8 Å². The van der Waals surface area contributed by atoms with Crippen LogP contribution in [0.25, 0.3) is 0 Å². The van der Waals surface area contributed by atoms with Gasteiger partial charge in [-0.3, -0.25) is 0 Å². The van der Waals surface area contributed by atoms with E-state index in [1.54, 1.807) is 19.2 Å². The minimum Gasteiger partial charge on any atom is -0.207 e. The third-order valence-electron chi connectivity index (χ3n) is 3.76. The standard InChI is InChI=1S/C18H23NO2S/c1-16-11-13-18(14-12-16)22(20,21)19(2)15-7-6-10-17-8-4-3-5-9-17/h3-5,8-9,11-14H,6-7,10,15H2,1-2H3. The van der Waals surface area contributed by atoms with Crippen LogP contribution in [0, 0.1) is 6.92 Å². The molecule has 0 atom stereocenters. The van der Waals surface area contributed by atoms with Crippen molar-refractivity contribution in [2.45, 2.75) is 31.1 Å². The van der Waals surface area contributed by atoms with Crippen LogP contribution < -0.4 is 0 Å². The predicted octanol–water partition coefficient (Wildman–Crippen LogP) is 3.64. The van der Waals surface area contributed by atoms with Gasteiger partial charge < -0.3 is 0 Å². The van der Waals surface area contributed by atoms with Gasteiger partial charge in [-0.05, 0) is 43.9 Å². The summed E-state index contributed by atoms with van der Waals surface area (Å²) >= 11 is 0. The third-order valence-corrected chi connectivity index (χ3v) is 5.63. The molecule has 0 N–H and O–H groups in total. The van der Waals surface area contributed by atoms with E-state index in [1.807, 2.05) is 37.3 Å². The summed E-state index contributed by atoms with van der Waals surface area (Å²) in [5, 5.41) is 0. The van der Waals surface area contributed by atoms with Crippen LogP contribution in [-0.4, -0.2) is 26.3 Å². The highest BCUT2D eigenvalue weighted by atomic mass is 32.2. The fourth-order valence-electron chi connectivity index (χ4n) is 2.32. The lowest BCUT2D eigenvalue weighted by molar-refractivity contribution is 0.455. The zero-order chi connectivity index (χ0) is 16.0. The molecule has 0 saturated carbocycles. The highest BCUT2D eigenvalue weighted by molar-refractivity contribution is 7.89. The molecular formula is C18H23NO2S. The molecule has 0 aliphatic rings. The Kier molecular flexibility index (Phi) is 5.75. The molecular weight excluding hydrogens is 294 g/mol. The van der Waals surface area contributed by atoms with Gasteiger partial charge in [0.15, 0.2) is 0 Å². The maximum atomic E-state index is 12.4. The summed E-state index contributed by atoms with van der Waals surface area (Å²) < 4.78 is 26.3. The van der Waals surface area contributed by atoms with Crippen molar-refractivity contribution in [3.8, 4) is 0 Å². The molecule has 0 saturated heterocycles. The van der Waals surface area contributed by atoms with Gasteiger partial charge in [-0.2, -0.15) is 0 Å². The number of aryl methyl sites for hydroxylation is 2. The molecule has 2 rings (SSSR count). The first kappa shape index (κ1) is 16.7. The number of rotatable bonds is 7. The molecule has 0 aliphatic heterocycles. The molecule has 0 heterocycles. The summed E-state index contributed by atoms with van der Waals surface area (Å²) in [4.78, 5) is 0.364. The van der Waals surface area contributed by atoms with Crippen molar-refractivity contribution in [2.75, 3.05) is 13.6 Å². The Morgan fingerprint density at radius 2 is 1.55 bits per heavy atom. The van der Waals surface area contributed by atoms with E-state index in [-0.39, 0.29) is 0 Å². The minimum atomic E-state index is -3.37. The maximum absolute atomic E-state index is 12.4. The van der Waals surface area contributed by atoms with Crippen LogP contribution in [-0.2, 0) is 16.4 Å². The first-order valence-corrected chi connectivity index (χ1v) is 9.01. The Morgan fingerprint density at radius 1 is 0.909 bits per heavy atom. The summed E-state index contributed by atoms with van der Waals surface area (Å²) in [6.45, 7) is 2.49. The molecule has 0 amide bonds. The molecule has 2 aromatic rings. The van der Waals surface area contributed by atoms with Crippen molar-refractivity contribution in [2.24, 2.45) is 0 Å². The van der Waals surface area contributed by atoms with E-state index in [0.29, 0.717) is 11.4 Å². The highest BCUT2D eigenvalue weighted by Crippen LogP contribution is 2.16. The topological polar surface area (TPSA) is 37.4 Å². The van der Waals surface area contributed by atoms with E-state index in [2.05, 4.69) is 12.1 Å². The second kappa shape index (κ2) is 7.56.